The second-order valence-corrected chi connectivity index (χ2v) is 8.47. The van der Waals surface area contributed by atoms with E-state index in [0.29, 0.717) is 12.5 Å². The Morgan fingerprint density at radius 3 is 2.39 bits per heavy atom. The van der Waals surface area contributed by atoms with Gasteiger partial charge in [-0.25, -0.2) is 8.42 Å². The smallest absolute Gasteiger partial charge is 0.191 e. The van der Waals surface area contributed by atoms with Crippen LogP contribution in [0.25, 0.3) is 0 Å². The number of nitrogens with one attached hydrogen (secondary N) is 2. The summed E-state index contributed by atoms with van der Waals surface area (Å²) in [7, 11) is -1.27. The van der Waals surface area contributed by atoms with Crippen molar-refractivity contribution in [2.24, 2.45) is 4.99 Å². The molecule has 1 heterocycles. The Labute approximate surface area is 157 Å². The average molecular weight is 462 g/mol. The molecule has 0 saturated carbocycles. The molecule has 1 aliphatic rings. The Balaban J connectivity index is 0.00000484. The minimum Gasteiger partial charge on any atom is -0.379 e. The van der Waals surface area contributed by atoms with E-state index in [-0.39, 0.29) is 41.0 Å². The van der Waals surface area contributed by atoms with Crippen molar-refractivity contribution in [1.29, 1.82) is 0 Å². The molecule has 0 aromatic heterocycles. The van der Waals surface area contributed by atoms with Gasteiger partial charge in [0.2, 0.25) is 0 Å². The quantitative estimate of drug-likeness (QED) is 0.322. The number of halogens is 1. The van der Waals surface area contributed by atoms with E-state index in [9.17, 15) is 8.42 Å². The number of morpholine rings is 1. The third-order valence-corrected chi connectivity index (χ3v) is 5.63. The summed E-state index contributed by atoms with van der Waals surface area (Å²) in [5.74, 6) is 0.926. The predicted octanol–water partition coefficient (Wildman–Crippen LogP) is 0.315. The molecule has 23 heavy (non-hydrogen) atoms. The number of rotatable bonds is 7. The van der Waals surface area contributed by atoms with Crippen LogP contribution in [0.4, 0.5) is 0 Å². The predicted molar refractivity (Wildman–Crippen MR) is 106 cm³/mol. The molecule has 0 aromatic rings. The maximum Gasteiger partial charge on any atom is 0.191 e. The fraction of sp³-hybridized carbons (Fsp3) is 0.929. The van der Waals surface area contributed by atoms with E-state index in [4.69, 9.17) is 4.74 Å². The number of guanidine groups is 1. The van der Waals surface area contributed by atoms with E-state index in [0.717, 1.165) is 32.8 Å². The van der Waals surface area contributed by atoms with E-state index in [1.165, 1.54) is 0 Å². The first kappa shape index (κ1) is 22.9. The van der Waals surface area contributed by atoms with Crippen LogP contribution in [0.15, 0.2) is 4.99 Å². The van der Waals surface area contributed by atoms with Gasteiger partial charge in [0.05, 0.1) is 19.0 Å². The van der Waals surface area contributed by atoms with E-state index in [1.54, 1.807) is 14.0 Å². The molecule has 0 bridgehead atoms. The van der Waals surface area contributed by atoms with Crippen molar-refractivity contribution in [3.8, 4) is 0 Å². The molecule has 2 N–H and O–H groups in total. The third kappa shape index (κ3) is 8.50. The van der Waals surface area contributed by atoms with Gasteiger partial charge in [0, 0.05) is 44.5 Å². The standard InChI is InChI=1S/C14H30N4O3S.HI/c1-5-22(19,20)11-6-16-13(15-4)17-12-14(2,3)18-7-9-21-10-8-18;/h5-12H2,1-4H3,(H2,15,16,17);1H. The van der Waals surface area contributed by atoms with Crippen molar-refractivity contribution >= 4 is 39.8 Å². The van der Waals surface area contributed by atoms with E-state index < -0.39 is 9.84 Å². The lowest BCUT2D eigenvalue weighted by atomic mass is 10.0. The van der Waals surface area contributed by atoms with Gasteiger partial charge in [0.25, 0.3) is 0 Å². The van der Waals surface area contributed by atoms with Crippen molar-refractivity contribution in [3.63, 3.8) is 0 Å². The Bertz CT molecular complexity index is 463. The second kappa shape index (κ2) is 10.7. The largest absolute Gasteiger partial charge is 0.379 e. The molecule has 0 amide bonds. The molecule has 1 saturated heterocycles. The summed E-state index contributed by atoms with van der Waals surface area (Å²) in [5, 5.41) is 6.32. The SMILES string of the molecule is CCS(=O)(=O)CCNC(=NC)NCC(C)(C)N1CCOCC1.I. The van der Waals surface area contributed by atoms with Crippen LogP contribution >= 0.6 is 24.0 Å². The summed E-state index contributed by atoms with van der Waals surface area (Å²) in [6, 6.07) is 0. The third-order valence-electron chi connectivity index (χ3n) is 3.92. The van der Waals surface area contributed by atoms with Crippen molar-refractivity contribution in [1.82, 2.24) is 15.5 Å². The monoisotopic (exact) mass is 462 g/mol. The highest BCUT2D eigenvalue weighted by atomic mass is 127. The van der Waals surface area contributed by atoms with Crippen LogP contribution in [0.1, 0.15) is 20.8 Å². The molecule has 138 valence electrons. The molecule has 0 radical (unpaired) electrons. The maximum absolute atomic E-state index is 11.5. The van der Waals surface area contributed by atoms with Gasteiger partial charge in [0.1, 0.15) is 0 Å². The number of hydrogen-bond acceptors (Lipinski definition) is 5. The molecule has 7 nitrogen and oxygen atoms in total. The van der Waals surface area contributed by atoms with Crippen LogP contribution in [0.2, 0.25) is 0 Å². The molecule has 9 heteroatoms. The fourth-order valence-corrected chi connectivity index (χ4v) is 2.97. The molecule has 1 fully saturated rings. The van der Waals surface area contributed by atoms with Gasteiger partial charge in [-0.1, -0.05) is 6.92 Å². The molecule has 0 unspecified atom stereocenters. The Morgan fingerprint density at radius 2 is 1.87 bits per heavy atom. The zero-order valence-corrected chi connectivity index (χ0v) is 17.7. The van der Waals surface area contributed by atoms with Crippen LogP contribution in [-0.4, -0.2) is 82.8 Å². The molecule has 0 aromatic carbocycles. The second-order valence-electron chi connectivity index (χ2n) is 6.00. The Morgan fingerprint density at radius 1 is 1.26 bits per heavy atom. The van der Waals surface area contributed by atoms with Crippen LogP contribution in [-0.2, 0) is 14.6 Å². The minimum absolute atomic E-state index is 0. The number of aliphatic imine (C=N–C) groups is 1. The molecular weight excluding hydrogens is 431 g/mol. The topological polar surface area (TPSA) is 83.0 Å². The van der Waals surface area contributed by atoms with Gasteiger partial charge in [-0.2, -0.15) is 0 Å². The van der Waals surface area contributed by atoms with Crippen molar-refractivity contribution in [3.05, 3.63) is 0 Å². The average Bonchev–Trinajstić information content (AvgIpc) is 2.51. The van der Waals surface area contributed by atoms with Crippen LogP contribution in [0.3, 0.4) is 0 Å². The lowest BCUT2D eigenvalue weighted by molar-refractivity contribution is -0.00833. The van der Waals surface area contributed by atoms with Gasteiger partial charge in [0.15, 0.2) is 15.8 Å². The molecular formula is C14H31IN4O3S. The van der Waals surface area contributed by atoms with Gasteiger partial charge < -0.3 is 15.4 Å². The van der Waals surface area contributed by atoms with Crippen molar-refractivity contribution < 1.29 is 13.2 Å². The molecule has 0 atom stereocenters. The molecule has 1 rings (SSSR count). The highest BCUT2D eigenvalue weighted by molar-refractivity contribution is 14.0. The number of sulfone groups is 1. The molecule has 0 spiro atoms. The summed E-state index contributed by atoms with van der Waals surface area (Å²) in [5.41, 5.74) is -0.0170. The minimum atomic E-state index is -2.95. The summed E-state index contributed by atoms with van der Waals surface area (Å²) >= 11 is 0. The van der Waals surface area contributed by atoms with E-state index in [1.807, 2.05) is 0 Å². The summed E-state index contributed by atoms with van der Waals surface area (Å²) < 4.78 is 28.3. The zero-order valence-electron chi connectivity index (χ0n) is 14.6. The van der Waals surface area contributed by atoms with Crippen LogP contribution < -0.4 is 10.6 Å². The van der Waals surface area contributed by atoms with Crippen molar-refractivity contribution in [2.45, 2.75) is 26.3 Å². The Hall–Kier alpha value is -0.130. The molecule has 0 aliphatic carbocycles. The summed E-state index contributed by atoms with van der Waals surface area (Å²) in [4.78, 5) is 6.53. The number of hydrogen-bond donors (Lipinski definition) is 2. The van der Waals surface area contributed by atoms with Crippen molar-refractivity contribution in [2.75, 3.05) is 57.9 Å². The van der Waals surface area contributed by atoms with E-state index in [2.05, 4.69) is 34.4 Å². The molecule has 1 aliphatic heterocycles. The van der Waals surface area contributed by atoms with E-state index >= 15 is 0 Å². The fourth-order valence-electron chi connectivity index (χ4n) is 2.27. The summed E-state index contributed by atoms with van der Waals surface area (Å²) in [6.45, 7) is 10.5. The normalized spacial score (nSPS) is 17.5. The number of ether oxygens (including phenoxy) is 1. The number of nitrogens with zero attached hydrogens (tertiary/aromatic N) is 2. The maximum atomic E-state index is 11.5. The van der Waals surface area contributed by atoms with Gasteiger partial charge in [-0.15, -0.1) is 24.0 Å². The lowest BCUT2D eigenvalue weighted by Crippen LogP contribution is -2.56. The highest BCUT2D eigenvalue weighted by Gasteiger charge is 2.28. The van der Waals surface area contributed by atoms with Crippen LogP contribution in [0, 0.1) is 0 Å². The first-order valence-electron chi connectivity index (χ1n) is 7.78. The lowest BCUT2D eigenvalue weighted by Gasteiger charge is -2.41. The highest BCUT2D eigenvalue weighted by Crippen LogP contribution is 2.14. The first-order chi connectivity index (χ1) is 10.3. The Kier molecular flexibility index (Phi) is 10.6. The van der Waals surface area contributed by atoms with Crippen LogP contribution in [0.5, 0.6) is 0 Å². The van der Waals surface area contributed by atoms with Gasteiger partial charge in [-0.05, 0) is 13.8 Å². The van der Waals surface area contributed by atoms with Gasteiger partial charge in [-0.3, -0.25) is 9.89 Å². The van der Waals surface area contributed by atoms with Gasteiger partial charge >= 0.3 is 0 Å². The zero-order chi connectivity index (χ0) is 16.6. The first-order valence-corrected chi connectivity index (χ1v) is 9.60. The summed E-state index contributed by atoms with van der Waals surface area (Å²) in [6.07, 6.45) is 0.